The number of methoxy groups -OCH3 is 1. The molecule has 8 heteroatoms. The normalized spacial score (nSPS) is 18.8. The summed E-state index contributed by atoms with van der Waals surface area (Å²) in [5, 5.41) is 11.9. The van der Waals surface area contributed by atoms with Crippen molar-refractivity contribution >= 4 is 16.7 Å². The van der Waals surface area contributed by atoms with E-state index in [2.05, 4.69) is 0 Å². The van der Waals surface area contributed by atoms with Crippen LogP contribution in [-0.4, -0.2) is 37.9 Å². The average molecular weight is 450 g/mol. The number of ether oxygens (including phenoxy) is 6. The number of hydrogen-bond donors (Lipinski definition) is 1. The summed E-state index contributed by atoms with van der Waals surface area (Å²) in [4.78, 5) is 12.9. The van der Waals surface area contributed by atoms with Gasteiger partial charge in [0.25, 0.3) is 0 Å². The quantitative estimate of drug-likeness (QED) is 0.580. The maximum Gasteiger partial charge on any atom is 0.339 e. The molecule has 3 aromatic rings. The molecular formula is C25H22O8. The van der Waals surface area contributed by atoms with E-state index in [4.69, 9.17) is 28.4 Å². The molecule has 6 rings (SSSR count). The average Bonchev–Trinajstić information content (AvgIpc) is 3.46. The largest absolute Gasteiger partial charge is 0.504 e. The van der Waals surface area contributed by atoms with Gasteiger partial charge in [-0.1, -0.05) is 6.07 Å². The standard InChI is InChI=1S/C25H22O8/c1-28-19-10-15-14(9-17(19)26)22(13-5-6-18-20(8-13)32-12-31-18)23-16(11-30-25(23)27)24(15)33-21-4-2-3-7-29-21/h5-6,8-10,21,26H,2-4,7,11-12H2,1H3. The van der Waals surface area contributed by atoms with Crippen molar-refractivity contribution < 1.29 is 38.3 Å². The predicted molar refractivity (Wildman–Crippen MR) is 117 cm³/mol. The van der Waals surface area contributed by atoms with Crippen molar-refractivity contribution in [2.75, 3.05) is 20.5 Å². The molecule has 3 aliphatic heterocycles. The molecule has 0 aromatic heterocycles. The first-order chi connectivity index (χ1) is 16.1. The number of phenols is 1. The van der Waals surface area contributed by atoms with Crippen LogP contribution in [0.4, 0.5) is 0 Å². The summed E-state index contributed by atoms with van der Waals surface area (Å²) >= 11 is 0. The zero-order chi connectivity index (χ0) is 22.5. The van der Waals surface area contributed by atoms with Gasteiger partial charge in [-0.3, -0.25) is 0 Å². The number of hydrogen-bond acceptors (Lipinski definition) is 8. The van der Waals surface area contributed by atoms with Gasteiger partial charge >= 0.3 is 5.97 Å². The van der Waals surface area contributed by atoms with Gasteiger partial charge in [0.1, 0.15) is 12.4 Å². The second-order valence-corrected chi connectivity index (χ2v) is 8.19. The van der Waals surface area contributed by atoms with E-state index < -0.39 is 12.3 Å². The molecule has 0 amide bonds. The SMILES string of the molecule is COc1cc2c(OC3CCCCO3)c3c(c(-c4ccc5c(c4)OCO5)c2cc1O)C(=O)OC3. The van der Waals surface area contributed by atoms with Crippen LogP contribution in [-0.2, 0) is 16.1 Å². The zero-order valence-electron chi connectivity index (χ0n) is 18.0. The van der Waals surface area contributed by atoms with Gasteiger partial charge in [0.15, 0.2) is 29.3 Å². The zero-order valence-corrected chi connectivity index (χ0v) is 18.0. The lowest BCUT2D eigenvalue weighted by atomic mass is 9.89. The molecular weight excluding hydrogens is 428 g/mol. The van der Waals surface area contributed by atoms with Crippen molar-refractivity contribution in [3.63, 3.8) is 0 Å². The Hall–Kier alpha value is -3.65. The molecule has 0 aliphatic carbocycles. The number of cyclic esters (lactones) is 1. The maximum atomic E-state index is 12.9. The fraction of sp³-hybridized carbons (Fsp3) is 0.320. The Labute approximate surface area is 189 Å². The molecule has 3 heterocycles. The van der Waals surface area contributed by atoms with Crippen LogP contribution < -0.4 is 18.9 Å². The minimum atomic E-state index is -0.440. The molecule has 0 radical (unpaired) electrons. The Kier molecular flexibility index (Phi) is 4.69. The molecule has 1 N–H and O–H groups in total. The molecule has 1 fully saturated rings. The fourth-order valence-corrected chi connectivity index (χ4v) is 4.68. The second kappa shape index (κ2) is 7.74. The van der Waals surface area contributed by atoms with Crippen LogP contribution in [0.2, 0.25) is 0 Å². The van der Waals surface area contributed by atoms with Crippen molar-refractivity contribution in [3.8, 4) is 39.9 Å². The van der Waals surface area contributed by atoms with E-state index in [1.54, 1.807) is 18.2 Å². The Bertz CT molecular complexity index is 1280. The Morgan fingerprint density at radius 3 is 2.70 bits per heavy atom. The summed E-state index contributed by atoms with van der Waals surface area (Å²) in [7, 11) is 1.49. The van der Waals surface area contributed by atoms with Gasteiger partial charge in [-0.15, -0.1) is 0 Å². The van der Waals surface area contributed by atoms with E-state index >= 15 is 0 Å². The van der Waals surface area contributed by atoms with Gasteiger partial charge in [-0.05, 0) is 48.1 Å². The molecule has 0 saturated carbocycles. The van der Waals surface area contributed by atoms with Crippen molar-refractivity contribution in [1.29, 1.82) is 0 Å². The summed E-state index contributed by atoms with van der Waals surface area (Å²) in [6, 6.07) is 8.81. The number of fused-ring (bicyclic) bond motifs is 3. The van der Waals surface area contributed by atoms with Crippen LogP contribution in [0.1, 0.15) is 35.2 Å². The molecule has 1 saturated heterocycles. The highest BCUT2D eigenvalue weighted by atomic mass is 16.7. The number of carbonyl (C=O) groups is 1. The highest BCUT2D eigenvalue weighted by Crippen LogP contribution is 2.49. The van der Waals surface area contributed by atoms with Crippen molar-refractivity contribution in [1.82, 2.24) is 0 Å². The molecule has 0 bridgehead atoms. The topological polar surface area (TPSA) is 92.7 Å². The van der Waals surface area contributed by atoms with Crippen molar-refractivity contribution in [3.05, 3.63) is 41.5 Å². The fourth-order valence-electron chi connectivity index (χ4n) is 4.68. The first-order valence-corrected chi connectivity index (χ1v) is 10.9. The van der Waals surface area contributed by atoms with Crippen LogP contribution in [0.3, 0.4) is 0 Å². The summed E-state index contributed by atoms with van der Waals surface area (Å²) in [6.07, 6.45) is 2.33. The summed E-state index contributed by atoms with van der Waals surface area (Å²) in [5.74, 6) is 1.57. The molecule has 1 unspecified atom stereocenters. The summed E-state index contributed by atoms with van der Waals surface area (Å²) in [5.41, 5.74) is 2.44. The third-order valence-corrected chi connectivity index (χ3v) is 6.26. The van der Waals surface area contributed by atoms with Crippen molar-refractivity contribution in [2.45, 2.75) is 32.2 Å². The third kappa shape index (κ3) is 3.21. The number of esters is 1. The Morgan fingerprint density at radius 2 is 1.88 bits per heavy atom. The molecule has 8 nitrogen and oxygen atoms in total. The highest BCUT2D eigenvalue weighted by molar-refractivity contribution is 6.14. The first-order valence-electron chi connectivity index (χ1n) is 10.9. The smallest absolute Gasteiger partial charge is 0.339 e. The molecule has 33 heavy (non-hydrogen) atoms. The van der Waals surface area contributed by atoms with Crippen LogP contribution >= 0.6 is 0 Å². The van der Waals surface area contributed by atoms with E-state index in [-0.39, 0.29) is 19.1 Å². The van der Waals surface area contributed by atoms with E-state index in [1.807, 2.05) is 12.1 Å². The van der Waals surface area contributed by atoms with Gasteiger partial charge in [0.2, 0.25) is 6.79 Å². The molecule has 3 aliphatic rings. The van der Waals surface area contributed by atoms with Gasteiger partial charge in [0, 0.05) is 22.9 Å². The Balaban J connectivity index is 1.63. The first kappa shape index (κ1) is 20.0. The van der Waals surface area contributed by atoms with E-state index in [1.165, 1.54) is 7.11 Å². The molecule has 3 aromatic carbocycles. The van der Waals surface area contributed by atoms with E-state index in [9.17, 15) is 9.90 Å². The van der Waals surface area contributed by atoms with Crippen LogP contribution in [0.25, 0.3) is 21.9 Å². The summed E-state index contributed by atoms with van der Waals surface area (Å²) < 4.78 is 34.0. The van der Waals surface area contributed by atoms with E-state index in [0.29, 0.717) is 57.1 Å². The van der Waals surface area contributed by atoms with E-state index in [0.717, 1.165) is 24.8 Å². The second-order valence-electron chi connectivity index (χ2n) is 8.19. The van der Waals surface area contributed by atoms with Crippen LogP contribution in [0, 0.1) is 0 Å². The number of phenolic OH excluding ortho intramolecular Hbond substituents is 1. The molecule has 1 atom stereocenters. The molecule has 0 spiro atoms. The van der Waals surface area contributed by atoms with Gasteiger partial charge < -0.3 is 33.5 Å². The van der Waals surface area contributed by atoms with Gasteiger partial charge in [0.05, 0.1) is 19.3 Å². The lowest BCUT2D eigenvalue weighted by molar-refractivity contribution is -0.105. The number of aromatic hydroxyl groups is 1. The minimum absolute atomic E-state index is 0.0434. The van der Waals surface area contributed by atoms with Gasteiger partial charge in [-0.2, -0.15) is 0 Å². The lowest BCUT2D eigenvalue weighted by Crippen LogP contribution is -2.25. The molecule has 170 valence electrons. The number of rotatable bonds is 4. The lowest BCUT2D eigenvalue weighted by Gasteiger charge is -2.26. The van der Waals surface area contributed by atoms with Crippen LogP contribution in [0.15, 0.2) is 30.3 Å². The van der Waals surface area contributed by atoms with Gasteiger partial charge in [-0.25, -0.2) is 4.79 Å². The summed E-state index contributed by atoms with van der Waals surface area (Å²) in [6.45, 7) is 0.859. The maximum absolute atomic E-state index is 12.9. The monoisotopic (exact) mass is 450 g/mol. The predicted octanol–water partition coefficient (Wildman–Crippen LogP) is 4.53. The number of benzene rings is 3. The number of carbonyl (C=O) groups excluding carboxylic acids is 1. The Morgan fingerprint density at radius 1 is 1.00 bits per heavy atom. The van der Waals surface area contributed by atoms with Crippen molar-refractivity contribution in [2.24, 2.45) is 0 Å². The third-order valence-electron chi connectivity index (χ3n) is 6.26. The minimum Gasteiger partial charge on any atom is -0.504 e. The highest BCUT2D eigenvalue weighted by Gasteiger charge is 2.34. The van der Waals surface area contributed by atoms with Crippen LogP contribution in [0.5, 0.6) is 28.7 Å².